The first-order valence-corrected chi connectivity index (χ1v) is 4.65. The van der Waals surface area contributed by atoms with Crippen molar-refractivity contribution in [1.29, 1.82) is 0 Å². The molecule has 0 radical (unpaired) electrons. The Morgan fingerprint density at radius 3 is 2.46 bits per heavy atom. The van der Waals surface area contributed by atoms with Gasteiger partial charge in [0.2, 0.25) is 0 Å². The van der Waals surface area contributed by atoms with Gasteiger partial charge in [-0.15, -0.1) is 0 Å². The number of hydrogen-bond donors (Lipinski definition) is 0. The SMILES string of the molecule is O=Cc1ccc(C2=CCCC2)cc1. The zero-order valence-corrected chi connectivity index (χ0v) is 7.49. The summed E-state index contributed by atoms with van der Waals surface area (Å²) in [6.07, 6.45) is 6.82. The minimum absolute atomic E-state index is 0.752. The van der Waals surface area contributed by atoms with Crippen molar-refractivity contribution in [2.45, 2.75) is 19.3 Å². The van der Waals surface area contributed by atoms with Crippen LogP contribution in [-0.4, -0.2) is 6.29 Å². The molecule has 0 saturated heterocycles. The van der Waals surface area contributed by atoms with Crippen molar-refractivity contribution in [3.8, 4) is 0 Å². The lowest BCUT2D eigenvalue weighted by molar-refractivity contribution is 0.112. The van der Waals surface area contributed by atoms with E-state index in [-0.39, 0.29) is 0 Å². The zero-order valence-electron chi connectivity index (χ0n) is 7.49. The summed E-state index contributed by atoms with van der Waals surface area (Å²) in [5.74, 6) is 0. The second-order valence-electron chi connectivity index (χ2n) is 3.36. The fourth-order valence-corrected chi connectivity index (χ4v) is 1.71. The van der Waals surface area contributed by atoms with E-state index in [0.717, 1.165) is 11.8 Å². The van der Waals surface area contributed by atoms with Crippen LogP contribution in [0.15, 0.2) is 30.3 Å². The maximum atomic E-state index is 10.4. The summed E-state index contributed by atoms with van der Waals surface area (Å²) in [7, 11) is 0. The molecule has 1 aliphatic carbocycles. The number of benzene rings is 1. The molecule has 13 heavy (non-hydrogen) atoms. The summed E-state index contributed by atoms with van der Waals surface area (Å²) in [6.45, 7) is 0. The van der Waals surface area contributed by atoms with Crippen LogP contribution >= 0.6 is 0 Å². The van der Waals surface area contributed by atoms with E-state index in [1.54, 1.807) is 0 Å². The van der Waals surface area contributed by atoms with E-state index < -0.39 is 0 Å². The van der Waals surface area contributed by atoms with Gasteiger partial charge in [-0.3, -0.25) is 4.79 Å². The van der Waals surface area contributed by atoms with Gasteiger partial charge in [0.25, 0.3) is 0 Å². The summed E-state index contributed by atoms with van der Waals surface area (Å²) in [5.41, 5.74) is 3.45. The van der Waals surface area contributed by atoms with E-state index in [9.17, 15) is 4.79 Å². The third-order valence-electron chi connectivity index (χ3n) is 2.46. The number of aldehydes is 1. The Morgan fingerprint density at radius 1 is 1.15 bits per heavy atom. The number of allylic oxidation sites excluding steroid dienone is 2. The van der Waals surface area contributed by atoms with Gasteiger partial charge in [-0.25, -0.2) is 0 Å². The van der Waals surface area contributed by atoms with Gasteiger partial charge in [-0.1, -0.05) is 30.3 Å². The van der Waals surface area contributed by atoms with Crippen LogP contribution in [0, 0.1) is 0 Å². The Kier molecular flexibility index (Phi) is 2.26. The van der Waals surface area contributed by atoms with Gasteiger partial charge >= 0.3 is 0 Å². The first-order valence-electron chi connectivity index (χ1n) is 4.65. The molecule has 0 unspecified atom stereocenters. The topological polar surface area (TPSA) is 17.1 Å². The van der Waals surface area contributed by atoms with Crippen molar-refractivity contribution < 1.29 is 4.79 Å². The van der Waals surface area contributed by atoms with E-state index in [2.05, 4.69) is 6.08 Å². The predicted molar refractivity (Wildman–Crippen MR) is 53.7 cm³/mol. The molecule has 0 N–H and O–H groups in total. The molecular weight excluding hydrogens is 160 g/mol. The van der Waals surface area contributed by atoms with E-state index in [1.165, 1.54) is 30.4 Å². The third kappa shape index (κ3) is 1.69. The number of carbonyl (C=O) groups excluding carboxylic acids is 1. The average molecular weight is 172 g/mol. The molecule has 0 bridgehead atoms. The van der Waals surface area contributed by atoms with Crippen molar-refractivity contribution in [3.63, 3.8) is 0 Å². The second kappa shape index (κ2) is 3.56. The molecule has 66 valence electrons. The van der Waals surface area contributed by atoms with Crippen LogP contribution < -0.4 is 0 Å². The van der Waals surface area contributed by atoms with Gasteiger partial charge < -0.3 is 0 Å². The van der Waals surface area contributed by atoms with E-state index >= 15 is 0 Å². The number of hydrogen-bond acceptors (Lipinski definition) is 1. The standard InChI is InChI=1S/C12H12O/c13-9-10-5-7-12(8-6-10)11-3-1-2-4-11/h3,5-9H,1-2,4H2. The largest absolute Gasteiger partial charge is 0.298 e. The van der Waals surface area contributed by atoms with E-state index in [0.29, 0.717) is 0 Å². The lowest BCUT2D eigenvalue weighted by Crippen LogP contribution is -1.83. The van der Waals surface area contributed by atoms with Gasteiger partial charge in [-0.2, -0.15) is 0 Å². The van der Waals surface area contributed by atoms with Crippen LogP contribution in [0.3, 0.4) is 0 Å². The Morgan fingerprint density at radius 2 is 1.92 bits per heavy atom. The van der Waals surface area contributed by atoms with Crippen molar-refractivity contribution in [2.24, 2.45) is 0 Å². The molecule has 0 aromatic heterocycles. The molecule has 0 fully saturated rings. The molecule has 1 aliphatic rings. The van der Waals surface area contributed by atoms with Crippen LogP contribution in [0.25, 0.3) is 5.57 Å². The Hall–Kier alpha value is -1.37. The highest BCUT2D eigenvalue weighted by Crippen LogP contribution is 2.27. The lowest BCUT2D eigenvalue weighted by atomic mass is 10.0. The average Bonchev–Trinajstić information content (AvgIpc) is 2.71. The van der Waals surface area contributed by atoms with Crippen LogP contribution in [0.2, 0.25) is 0 Å². The highest BCUT2D eigenvalue weighted by atomic mass is 16.1. The summed E-state index contributed by atoms with van der Waals surface area (Å²) >= 11 is 0. The minimum Gasteiger partial charge on any atom is -0.298 e. The molecule has 0 atom stereocenters. The number of rotatable bonds is 2. The minimum atomic E-state index is 0.752. The van der Waals surface area contributed by atoms with Gasteiger partial charge in [0.15, 0.2) is 0 Å². The molecule has 0 aliphatic heterocycles. The molecule has 0 heterocycles. The van der Waals surface area contributed by atoms with Crippen molar-refractivity contribution >= 4 is 11.9 Å². The van der Waals surface area contributed by atoms with Crippen LogP contribution in [-0.2, 0) is 0 Å². The van der Waals surface area contributed by atoms with Gasteiger partial charge in [0.1, 0.15) is 6.29 Å². The van der Waals surface area contributed by atoms with Crippen LogP contribution in [0.5, 0.6) is 0 Å². The fraction of sp³-hybridized carbons (Fsp3) is 0.250. The molecule has 1 aromatic carbocycles. The maximum Gasteiger partial charge on any atom is 0.150 e. The van der Waals surface area contributed by atoms with Crippen LogP contribution in [0.1, 0.15) is 35.2 Å². The van der Waals surface area contributed by atoms with Gasteiger partial charge in [0, 0.05) is 5.56 Å². The molecule has 1 aromatic rings. The highest BCUT2D eigenvalue weighted by molar-refractivity contribution is 5.76. The molecular formula is C12H12O. The fourth-order valence-electron chi connectivity index (χ4n) is 1.71. The Labute approximate surface area is 78.1 Å². The summed E-state index contributed by atoms with van der Waals surface area (Å²) in [4.78, 5) is 10.4. The van der Waals surface area contributed by atoms with Crippen molar-refractivity contribution in [1.82, 2.24) is 0 Å². The summed E-state index contributed by atoms with van der Waals surface area (Å²) in [6, 6.07) is 7.81. The third-order valence-corrected chi connectivity index (χ3v) is 2.46. The normalized spacial score (nSPS) is 15.5. The first kappa shape index (κ1) is 8.24. The smallest absolute Gasteiger partial charge is 0.150 e. The van der Waals surface area contributed by atoms with Gasteiger partial charge in [-0.05, 0) is 30.4 Å². The maximum absolute atomic E-state index is 10.4. The number of carbonyl (C=O) groups is 1. The second-order valence-corrected chi connectivity index (χ2v) is 3.36. The molecule has 2 rings (SSSR count). The molecule has 0 spiro atoms. The van der Waals surface area contributed by atoms with Crippen molar-refractivity contribution in [2.75, 3.05) is 0 Å². The van der Waals surface area contributed by atoms with E-state index in [1.807, 2.05) is 24.3 Å². The molecule has 0 amide bonds. The molecule has 0 saturated carbocycles. The summed E-state index contributed by atoms with van der Waals surface area (Å²) in [5, 5.41) is 0. The summed E-state index contributed by atoms with van der Waals surface area (Å²) < 4.78 is 0. The predicted octanol–water partition coefficient (Wildman–Crippen LogP) is 3.07. The quantitative estimate of drug-likeness (QED) is 0.626. The first-order chi connectivity index (χ1) is 6.40. The monoisotopic (exact) mass is 172 g/mol. The Bertz CT molecular complexity index is 333. The molecule has 1 heteroatoms. The highest BCUT2D eigenvalue weighted by Gasteiger charge is 2.06. The lowest BCUT2D eigenvalue weighted by Gasteiger charge is -2.01. The van der Waals surface area contributed by atoms with Gasteiger partial charge in [0.05, 0.1) is 0 Å². The van der Waals surface area contributed by atoms with E-state index in [4.69, 9.17) is 0 Å². The Balaban J connectivity index is 2.26. The zero-order chi connectivity index (χ0) is 9.10. The molecule has 1 nitrogen and oxygen atoms in total. The van der Waals surface area contributed by atoms with Crippen molar-refractivity contribution in [3.05, 3.63) is 41.5 Å². The van der Waals surface area contributed by atoms with Crippen LogP contribution in [0.4, 0.5) is 0 Å².